The smallest absolute Gasteiger partial charge is 0.328 e. The molecule has 0 bridgehead atoms. The molecule has 0 aromatic rings. The predicted molar refractivity (Wildman–Crippen MR) is 73.0 cm³/mol. The first-order valence-electron chi connectivity index (χ1n) is 6.14. The van der Waals surface area contributed by atoms with Crippen LogP contribution in [0.15, 0.2) is 36.0 Å². The Kier molecular flexibility index (Phi) is 8.12. The quantitative estimate of drug-likeness (QED) is 0.386. The van der Waals surface area contributed by atoms with Crippen LogP contribution in [-0.2, 0) is 4.79 Å². The first-order valence-corrected chi connectivity index (χ1v) is 6.14. The monoisotopic (exact) mass is 236 g/mol. The fourth-order valence-corrected chi connectivity index (χ4v) is 1.60. The average molecular weight is 236 g/mol. The lowest BCUT2D eigenvalue weighted by Crippen LogP contribution is -1.93. The fraction of sp³-hybridized carbons (Fsp3) is 0.533. The lowest BCUT2D eigenvalue weighted by molar-refractivity contribution is -0.131. The van der Waals surface area contributed by atoms with E-state index in [1.807, 2.05) is 6.08 Å². The average Bonchev–Trinajstić information content (AvgIpc) is 2.15. The van der Waals surface area contributed by atoms with Crippen molar-refractivity contribution in [2.24, 2.45) is 5.92 Å². The molecule has 1 unspecified atom stereocenters. The van der Waals surface area contributed by atoms with Crippen molar-refractivity contribution in [3.63, 3.8) is 0 Å². The zero-order valence-electron chi connectivity index (χ0n) is 11.2. The summed E-state index contributed by atoms with van der Waals surface area (Å²) in [5.41, 5.74) is 2.03. The van der Waals surface area contributed by atoms with E-state index in [-0.39, 0.29) is 0 Å². The molecule has 0 spiro atoms. The molecule has 0 rings (SSSR count). The van der Waals surface area contributed by atoms with E-state index in [1.54, 1.807) is 6.92 Å². The molecule has 1 N–H and O–H groups in total. The highest BCUT2D eigenvalue weighted by atomic mass is 16.4. The Balaban J connectivity index is 3.83. The third-order valence-electron chi connectivity index (χ3n) is 2.57. The molecule has 1 atom stereocenters. The maximum atomic E-state index is 10.4. The van der Waals surface area contributed by atoms with Gasteiger partial charge in [-0.2, -0.15) is 0 Å². The Bertz CT molecular complexity index is 311. The standard InChI is InChI=1S/C15H24O2/c1-12(2)7-5-8-13(3)9-6-10-14(4)11-15(16)17/h6,10-11,13H,1,5,7-9H2,2-4H3,(H,16,17). The highest BCUT2D eigenvalue weighted by Crippen LogP contribution is 2.15. The van der Waals surface area contributed by atoms with E-state index in [0.29, 0.717) is 5.92 Å². The van der Waals surface area contributed by atoms with Gasteiger partial charge in [0, 0.05) is 6.08 Å². The Hall–Kier alpha value is -1.31. The predicted octanol–water partition coefficient (Wildman–Crippen LogP) is 4.35. The van der Waals surface area contributed by atoms with Crippen molar-refractivity contribution in [3.05, 3.63) is 36.0 Å². The van der Waals surface area contributed by atoms with Gasteiger partial charge in [-0.15, -0.1) is 6.58 Å². The van der Waals surface area contributed by atoms with Gasteiger partial charge in [0.1, 0.15) is 0 Å². The molecule has 0 aromatic heterocycles. The van der Waals surface area contributed by atoms with E-state index in [4.69, 9.17) is 5.11 Å². The molecule has 0 aliphatic rings. The van der Waals surface area contributed by atoms with E-state index in [1.165, 1.54) is 24.5 Å². The maximum Gasteiger partial charge on any atom is 0.328 e. The van der Waals surface area contributed by atoms with E-state index in [2.05, 4.69) is 26.5 Å². The number of allylic oxidation sites excluding steroid dienone is 4. The van der Waals surface area contributed by atoms with Crippen LogP contribution in [0.5, 0.6) is 0 Å². The van der Waals surface area contributed by atoms with E-state index in [9.17, 15) is 4.79 Å². The molecule has 17 heavy (non-hydrogen) atoms. The summed E-state index contributed by atoms with van der Waals surface area (Å²) < 4.78 is 0. The first-order chi connectivity index (χ1) is 7.91. The molecule has 96 valence electrons. The van der Waals surface area contributed by atoms with Crippen LogP contribution in [0.2, 0.25) is 0 Å². The minimum Gasteiger partial charge on any atom is -0.478 e. The SMILES string of the molecule is C=C(C)CCCC(C)CC=CC(C)=CC(=O)O. The second-order valence-corrected chi connectivity index (χ2v) is 4.82. The van der Waals surface area contributed by atoms with E-state index < -0.39 is 5.97 Å². The van der Waals surface area contributed by atoms with Crippen LogP contribution in [0, 0.1) is 5.92 Å². The summed E-state index contributed by atoms with van der Waals surface area (Å²) in [6.45, 7) is 9.97. The van der Waals surface area contributed by atoms with Crippen LogP contribution in [0.25, 0.3) is 0 Å². The van der Waals surface area contributed by atoms with Crippen molar-refractivity contribution in [1.82, 2.24) is 0 Å². The number of carboxylic acid groups (broad SMARTS) is 1. The van der Waals surface area contributed by atoms with Gasteiger partial charge in [-0.05, 0) is 44.6 Å². The normalized spacial score (nSPS) is 13.9. The molecule has 0 amide bonds. The number of hydrogen-bond donors (Lipinski definition) is 1. The number of carbonyl (C=O) groups is 1. The molecule has 0 aliphatic heterocycles. The van der Waals surface area contributed by atoms with Crippen molar-refractivity contribution in [2.75, 3.05) is 0 Å². The summed E-state index contributed by atoms with van der Waals surface area (Å²) in [4.78, 5) is 10.4. The first kappa shape index (κ1) is 15.7. The van der Waals surface area contributed by atoms with Gasteiger partial charge in [-0.3, -0.25) is 0 Å². The Labute approximate surface area is 105 Å². The topological polar surface area (TPSA) is 37.3 Å². The van der Waals surface area contributed by atoms with Gasteiger partial charge in [-0.1, -0.05) is 31.1 Å². The maximum absolute atomic E-state index is 10.4. The largest absolute Gasteiger partial charge is 0.478 e. The Morgan fingerprint density at radius 3 is 2.59 bits per heavy atom. The zero-order chi connectivity index (χ0) is 13.3. The lowest BCUT2D eigenvalue weighted by atomic mass is 9.98. The fourth-order valence-electron chi connectivity index (χ4n) is 1.60. The zero-order valence-corrected chi connectivity index (χ0v) is 11.2. The molecule has 0 aliphatic carbocycles. The molecular weight excluding hydrogens is 212 g/mol. The lowest BCUT2D eigenvalue weighted by Gasteiger charge is -2.08. The van der Waals surface area contributed by atoms with Gasteiger partial charge in [-0.25, -0.2) is 4.79 Å². The van der Waals surface area contributed by atoms with Gasteiger partial charge in [0.05, 0.1) is 0 Å². The van der Waals surface area contributed by atoms with Crippen molar-refractivity contribution >= 4 is 5.97 Å². The van der Waals surface area contributed by atoms with Crippen LogP contribution in [0.1, 0.15) is 46.5 Å². The van der Waals surface area contributed by atoms with Crippen molar-refractivity contribution in [3.8, 4) is 0 Å². The minimum absolute atomic E-state index is 0.642. The molecule has 0 saturated heterocycles. The van der Waals surface area contributed by atoms with Gasteiger partial charge < -0.3 is 5.11 Å². The molecule has 2 heteroatoms. The molecule has 0 radical (unpaired) electrons. The van der Waals surface area contributed by atoms with Crippen molar-refractivity contribution in [2.45, 2.75) is 46.5 Å². The highest BCUT2D eigenvalue weighted by Gasteiger charge is 1.99. The van der Waals surface area contributed by atoms with Crippen LogP contribution in [0.4, 0.5) is 0 Å². The summed E-state index contributed by atoms with van der Waals surface area (Å²) in [6.07, 6.45) is 9.64. The third kappa shape index (κ3) is 11.0. The van der Waals surface area contributed by atoms with Crippen molar-refractivity contribution < 1.29 is 9.90 Å². The summed E-state index contributed by atoms with van der Waals surface area (Å²) in [5.74, 6) is -0.245. The van der Waals surface area contributed by atoms with Crippen LogP contribution < -0.4 is 0 Å². The molecule has 0 saturated carbocycles. The van der Waals surface area contributed by atoms with Gasteiger partial charge >= 0.3 is 5.97 Å². The Morgan fingerprint density at radius 1 is 1.41 bits per heavy atom. The Morgan fingerprint density at radius 2 is 2.06 bits per heavy atom. The van der Waals surface area contributed by atoms with Gasteiger partial charge in [0.2, 0.25) is 0 Å². The van der Waals surface area contributed by atoms with Gasteiger partial charge in [0.25, 0.3) is 0 Å². The molecule has 2 nitrogen and oxygen atoms in total. The summed E-state index contributed by atoms with van der Waals surface area (Å²) in [6, 6.07) is 0. The van der Waals surface area contributed by atoms with Crippen LogP contribution in [-0.4, -0.2) is 11.1 Å². The molecule has 0 fully saturated rings. The molecule has 0 aromatic carbocycles. The van der Waals surface area contributed by atoms with Crippen LogP contribution >= 0.6 is 0 Å². The minimum atomic E-state index is -0.887. The van der Waals surface area contributed by atoms with Crippen LogP contribution in [0.3, 0.4) is 0 Å². The summed E-state index contributed by atoms with van der Waals surface area (Å²) in [7, 11) is 0. The number of carboxylic acids is 1. The summed E-state index contributed by atoms with van der Waals surface area (Å²) in [5, 5.41) is 8.54. The number of aliphatic carboxylic acids is 1. The number of rotatable bonds is 8. The third-order valence-corrected chi connectivity index (χ3v) is 2.57. The molecular formula is C15H24O2. The van der Waals surface area contributed by atoms with E-state index in [0.717, 1.165) is 18.4 Å². The number of hydrogen-bond acceptors (Lipinski definition) is 1. The highest BCUT2D eigenvalue weighted by molar-refractivity contribution is 5.81. The second-order valence-electron chi connectivity index (χ2n) is 4.82. The second kappa shape index (κ2) is 8.80. The van der Waals surface area contributed by atoms with E-state index >= 15 is 0 Å². The van der Waals surface area contributed by atoms with Gasteiger partial charge in [0.15, 0.2) is 0 Å². The molecule has 0 heterocycles. The summed E-state index contributed by atoms with van der Waals surface area (Å²) >= 11 is 0. The van der Waals surface area contributed by atoms with Crippen molar-refractivity contribution in [1.29, 1.82) is 0 Å².